The molecule has 0 aliphatic rings. The zero-order valence-electron chi connectivity index (χ0n) is 17.4. The van der Waals surface area contributed by atoms with Crippen LogP contribution in [-0.2, 0) is 17.8 Å². The molecule has 6 nitrogen and oxygen atoms in total. The number of carboxylic acids is 1. The maximum Gasteiger partial charge on any atom is 0.309 e. The fraction of sp³-hybridized carbons (Fsp3) is 0.318. The number of hydrogen-bond acceptors (Lipinski definition) is 7. The Morgan fingerprint density at radius 1 is 1.16 bits per heavy atom. The smallest absolute Gasteiger partial charge is 0.309 e. The summed E-state index contributed by atoms with van der Waals surface area (Å²) in [6, 6.07) is 12.1. The van der Waals surface area contributed by atoms with E-state index in [1.165, 1.54) is 27.6 Å². The van der Waals surface area contributed by atoms with E-state index in [1.807, 2.05) is 23.9 Å². The van der Waals surface area contributed by atoms with E-state index in [0.29, 0.717) is 27.5 Å². The van der Waals surface area contributed by atoms with Gasteiger partial charge in [0.15, 0.2) is 5.13 Å². The van der Waals surface area contributed by atoms with Gasteiger partial charge in [-0.3, -0.25) is 14.9 Å². The summed E-state index contributed by atoms with van der Waals surface area (Å²) in [5, 5.41) is 17.7. The van der Waals surface area contributed by atoms with Gasteiger partial charge in [0.1, 0.15) is 0 Å². The lowest BCUT2D eigenvalue weighted by atomic mass is 10.3. The second-order valence-electron chi connectivity index (χ2n) is 6.84. The van der Waals surface area contributed by atoms with Crippen molar-refractivity contribution in [3.8, 4) is 0 Å². The van der Waals surface area contributed by atoms with E-state index in [-0.39, 0.29) is 12.3 Å². The summed E-state index contributed by atoms with van der Waals surface area (Å²) in [6.45, 7) is 5.07. The molecule has 3 N–H and O–H groups in total. The summed E-state index contributed by atoms with van der Waals surface area (Å²) in [5.74, 6) is -1.18. The number of hydrogen-bond donors (Lipinski definition) is 3. The first-order valence-electron chi connectivity index (χ1n) is 10.0. The molecule has 0 radical (unpaired) electrons. The average molecular weight is 476 g/mol. The molecule has 0 fully saturated rings. The lowest BCUT2D eigenvalue weighted by Crippen LogP contribution is -2.10. The minimum Gasteiger partial charge on any atom is -0.481 e. The number of carbonyl (C=O) groups is 2. The molecule has 1 aromatic carbocycles. The number of rotatable bonds is 11. The van der Waals surface area contributed by atoms with Crippen LogP contribution >= 0.6 is 34.4 Å². The van der Waals surface area contributed by atoms with Crippen LogP contribution in [0.25, 0.3) is 0 Å². The van der Waals surface area contributed by atoms with E-state index >= 15 is 0 Å². The van der Waals surface area contributed by atoms with Gasteiger partial charge in [-0.05, 0) is 37.1 Å². The highest BCUT2D eigenvalue weighted by atomic mass is 32.2. The Balaban J connectivity index is 1.58. The SMILES string of the molecule is CCC(CC)Sc1ccccc1NCc1ccc(C(=O)Nc2nc(CC(=O)O)cs2)s1. The molecule has 3 aromatic rings. The van der Waals surface area contributed by atoms with Gasteiger partial charge < -0.3 is 10.4 Å². The Morgan fingerprint density at radius 2 is 1.94 bits per heavy atom. The Labute approximate surface area is 194 Å². The number of benzene rings is 1. The fourth-order valence-electron chi connectivity index (χ4n) is 2.89. The second-order valence-corrected chi connectivity index (χ2v) is 10.2. The van der Waals surface area contributed by atoms with Gasteiger partial charge in [-0.2, -0.15) is 0 Å². The third-order valence-corrected chi connectivity index (χ3v) is 8.03. The number of thioether (sulfide) groups is 1. The molecule has 2 aromatic heterocycles. The third kappa shape index (κ3) is 6.81. The summed E-state index contributed by atoms with van der Waals surface area (Å²) < 4.78 is 0. The molecule has 0 saturated carbocycles. The normalized spacial score (nSPS) is 10.9. The van der Waals surface area contributed by atoms with E-state index in [0.717, 1.165) is 23.4 Å². The number of amides is 1. The predicted octanol–water partition coefficient (Wildman–Crippen LogP) is 5.98. The summed E-state index contributed by atoms with van der Waals surface area (Å²) in [4.78, 5) is 30.3. The molecule has 3 rings (SSSR count). The van der Waals surface area contributed by atoms with E-state index in [2.05, 4.69) is 47.7 Å². The molecule has 0 atom stereocenters. The predicted molar refractivity (Wildman–Crippen MR) is 130 cm³/mol. The van der Waals surface area contributed by atoms with Crippen molar-refractivity contribution < 1.29 is 14.7 Å². The molecule has 2 heterocycles. The van der Waals surface area contributed by atoms with Crippen molar-refractivity contribution in [2.45, 2.75) is 49.8 Å². The zero-order valence-corrected chi connectivity index (χ0v) is 19.8. The Hall–Kier alpha value is -2.36. The van der Waals surface area contributed by atoms with Crippen LogP contribution < -0.4 is 10.6 Å². The Kier molecular flexibility index (Phi) is 8.51. The van der Waals surface area contributed by atoms with Crippen LogP contribution in [0.3, 0.4) is 0 Å². The maximum absolute atomic E-state index is 12.5. The van der Waals surface area contributed by atoms with Crippen molar-refractivity contribution in [3.05, 3.63) is 57.2 Å². The Morgan fingerprint density at radius 3 is 2.68 bits per heavy atom. The number of thiazole rings is 1. The van der Waals surface area contributed by atoms with Crippen LogP contribution in [0.15, 0.2) is 46.7 Å². The minimum atomic E-state index is -0.946. The molecule has 0 bridgehead atoms. The summed E-state index contributed by atoms with van der Waals surface area (Å²) in [6.07, 6.45) is 2.11. The quantitative estimate of drug-likeness (QED) is 0.296. The Bertz CT molecular complexity index is 1030. The topological polar surface area (TPSA) is 91.3 Å². The number of nitrogens with one attached hydrogen (secondary N) is 2. The van der Waals surface area contributed by atoms with Crippen LogP contribution in [0.4, 0.5) is 10.8 Å². The van der Waals surface area contributed by atoms with Gasteiger partial charge in [0.25, 0.3) is 5.91 Å². The van der Waals surface area contributed by atoms with Crippen molar-refractivity contribution in [3.63, 3.8) is 0 Å². The zero-order chi connectivity index (χ0) is 22.2. The van der Waals surface area contributed by atoms with Gasteiger partial charge in [0.2, 0.25) is 0 Å². The van der Waals surface area contributed by atoms with Crippen LogP contribution in [0, 0.1) is 0 Å². The number of carbonyl (C=O) groups excluding carboxylic acids is 1. The molecule has 0 aliphatic carbocycles. The maximum atomic E-state index is 12.5. The van der Waals surface area contributed by atoms with Crippen LogP contribution in [-0.4, -0.2) is 27.2 Å². The summed E-state index contributed by atoms with van der Waals surface area (Å²) in [7, 11) is 0. The van der Waals surface area contributed by atoms with Gasteiger partial charge in [-0.25, -0.2) is 4.98 Å². The van der Waals surface area contributed by atoms with Crippen LogP contribution in [0.2, 0.25) is 0 Å². The largest absolute Gasteiger partial charge is 0.481 e. The van der Waals surface area contributed by atoms with Gasteiger partial charge in [0.05, 0.1) is 17.0 Å². The molecule has 9 heteroatoms. The highest BCUT2D eigenvalue weighted by Crippen LogP contribution is 2.33. The second kappa shape index (κ2) is 11.3. The van der Waals surface area contributed by atoms with Crippen molar-refractivity contribution in [2.24, 2.45) is 0 Å². The standard InChI is InChI=1S/C22H25N3O3S3/c1-3-15(4-2)30-18-8-6-5-7-17(18)23-12-16-9-10-19(31-16)21(28)25-22-24-14(13-29-22)11-20(26)27/h5-10,13,15,23H,3-4,11-12H2,1-2H3,(H,26,27)(H,24,25,28). The lowest BCUT2D eigenvalue weighted by molar-refractivity contribution is -0.136. The van der Waals surface area contributed by atoms with E-state index < -0.39 is 5.97 Å². The molecule has 0 aliphatic heterocycles. The molecular weight excluding hydrogens is 450 g/mol. The first kappa shape index (κ1) is 23.3. The van der Waals surface area contributed by atoms with Crippen molar-refractivity contribution in [1.82, 2.24) is 4.98 Å². The molecule has 0 spiro atoms. The van der Waals surface area contributed by atoms with Gasteiger partial charge in [0, 0.05) is 32.6 Å². The van der Waals surface area contributed by atoms with Gasteiger partial charge in [-0.1, -0.05) is 26.0 Å². The van der Waals surface area contributed by atoms with E-state index in [4.69, 9.17) is 5.11 Å². The van der Waals surface area contributed by atoms with E-state index in [9.17, 15) is 9.59 Å². The molecule has 164 valence electrons. The number of carboxylic acid groups (broad SMARTS) is 1. The first-order chi connectivity index (χ1) is 15.0. The minimum absolute atomic E-state index is 0.155. The highest BCUT2D eigenvalue weighted by Gasteiger charge is 2.14. The molecular formula is C22H25N3O3S3. The molecule has 31 heavy (non-hydrogen) atoms. The van der Waals surface area contributed by atoms with Crippen molar-refractivity contribution in [1.29, 1.82) is 0 Å². The average Bonchev–Trinajstić information content (AvgIpc) is 3.40. The number of aromatic nitrogens is 1. The third-order valence-electron chi connectivity index (χ3n) is 4.53. The highest BCUT2D eigenvalue weighted by molar-refractivity contribution is 8.00. The summed E-state index contributed by atoms with van der Waals surface area (Å²) in [5.41, 5.74) is 1.54. The number of anilines is 2. The van der Waals surface area contributed by atoms with Crippen molar-refractivity contribution in [2.75, 3.05) is 10.6 Å². The van der Waals surface area contributed by atoms with Crippen LogP contribution in [0.5, 0.6) is 0 Å². The number of nitrogens with zero attached hydrogens (tertiary/aromatic N) is 1. The first-order valence-corrected chi connectivity index (χ1v) is 12.6. The molecule has 1 amide bonds. The molecule has 0 saturated heterocycles. The monoisotopic (exact) mass is 475 g/mol. The summed E-state index contributed by atoms with van der Waals surface area (Å²) >= 11 is 4.55. The lowest BCUT2D eigenvalue weighted by Gasteiger charge is -2.16. The number of para-hydroxylation sites is 1. The fourth-order valence-corrected chi connectivity index (χ4v) is 5.55. The van der Waals surface area contributed by atoms with Crippen LogP contribution in [0.1, 0.15) is 46.9 Å². The van der Waals surface area contributed by atoms with Crippen molar-refractivity contribution >= 4 is 57.1 Å². The van der Waals surface area contributed by atoms with Gasteiger partial charge >= 0.3 is 5.97 Å². The van der Waals surface area contributed by atoms with Gasteiger partial charge in [-0.15, -0.1) is 34.4 Å². The van der Waals surface area contributed by atoms with E-state index in [1.54, 1.807) is 11.4 Å². The molecule has 0 unspecified atom stereocenters. The number of thiophene rings is 1. The number of aliphatic carboxylic acids is 1.